The van der Waals surface area contributed by atoms with Crippen LogP contribution < -0.4 is 0 Å². The lowest BCUT2D eigenvalue weighted by Crippen LogP contribution is -1.99. The summed E-state index contributed by atoms with van der Waals surface area (Å²) in [5.74, 6) is 0.0932. The Labute approximate surface area is 145 Å². The highest BCUT2D eigenvalue weighted by Crippen LogP contribution is 2.19. The van der Waals surface area contributed by atoms with Gasteiger partial charge in [-0.05, 0) is 31.2 Å². The molecule has 0 bridgehead atoms. The van der Waals surface area contributed by atoms with E-state index in [0.717, 1.165) is 24.8 Å². The van der Waals surface area contributed by atoms with Crippen molar-refractivity contribution in [1.82, 2.24) is 9.97 Å². The van der Waals surface area contributed by atoms with Crippen LogP contribution in [0.3, 0.4) is 0 Å². The quantitative estimate of drug-likeness (QED) is 0.387. The Morgan fingerprint density at radius 2 is 1.54 bits per heavy atom. The predicted octanol–water partition coefficient (Wildman–Crippen LogP) is 6.14. The van der Waals surface area contributed by atoms with Crippen LogP contribution in [0.5, 0.6) is 0 Å². The molecular formula is C21H29FN2. The summed E-state index contributed by atoms with van der Waals surface area (Å²) >= 11 is 0. The molecule has 0 saturated carbocycles. The minimum atomic E-state index is -0.381. The number of hydrogen-bond donors (Lipinski definition) is 0. The first-order valence-electron chi connectivity index (χ1n) is 9.35. The van der Waals surface area contributed by atoms with Crippen molar-refractivity contribution < 1.29 is 4.39 Å². The number of nitrogens with zero attached hydrogens (tertiary/aromatic N) is 2. The average molecular weight is 328 g/mol. The molecule has 24 heavy (non-hydrogen) atoms. The van der Waals surface area contributed by atoms with Gasteiger partial charge in [0.1, 0.15) is 0 Å². The smallest absolute Gasteiger partial charge is 0.219 e. The van der Waals surface area contributed by atoms with E-state index in [1.165, 1.54) is 37.7 Å². The number of hydrogen-bond acceptors (Lipinski definition) is 2. The summed E-state index contributed by atoms with van der Waals surface area (Å²) in [6.45, 7) is 4.33. The van der Waals surface area contributed by atoms with Gasteiger partial charge in [0, 0.05) is 17.3 Å². The van der Waals surface area contributed by atoms with E-state index in [2.05, 4.69) is 35.9 Å². The summed E-state index contributed by atoms with van der Waals surface area (Å²) in [5.41, 5.74) is 2.82. The zero-order chi connectivity index (χ0) is 17.2. The lowest BCUT2D eigenvalue weighted by atomic mass is 10.0. The molecule has 0 saturated heterocycles. The molecule has 0 spiro atoms. The molecule has 0 fully saturated rings. The van der Waals surface area contributed by atoms with E-state index in [9.17, 15) is 4.39 Å². The third-order valence-electron chi connectivity index (χ3n) is 4.39. The Morgan fingerprint density at radius 3 is 2.21 bits per heavy atom. The van der Waals surface area contributed by atoms with E-state index in [-0.39, 0.29) is 5.95 Å². The Morgan fingerprint density at radius 1 is 0.833 bits per heavy atom. The van der Waals surface area contributed by atoms with Gasteiger partial charge < -0.3 is 0 Å². The fourth-order valence-corrected chi connectivity index (χ4v) is 2.81. The van der Waals surface area contributed by atoms with Gasteiger partial charge >= 0.3 is 0 Å². The van der Waals surface area contributed by atoms with E-state index in [1.54, 1.807) is 6.20 Å². The normalized spacial score (nSPS) is 11.0. The molecule has 0 atom stereocenters. The van der Waals surface area contributed by atoms with Crippen molar-refractivity contribution in [1.29, 1.82) is 0 Å². The van der Waals surface area contributed by atoms with Crippen LogP contribution in [0.4, 0.5) is 4.39 Å². The Hall–Kier alpha value is -1.77. The van der Waals surface area contributed by atoms with Crippen molar-refractivity contribution in [3.8, 4) is 11.4 Å². The molecule has 2 nitrogen and oxygen atoms in total. The maximum atomic E-state index is 14.1. The fraction of sp³-hybridized carbons (Fsp3) is 0.524. The Balaban J connectivity index is 1.94. The number of halogens is 1. The van der Waals surface area contributed by atoms with Crippen molar-refractivity contribution in [2.24, 2.45) is 0 Å². The maximum Gasteiger partial charge on any atom is 0.219 e. The molecule has 130 valence electrons. The number of rotatable bonds is 10. The average Bonchev–Trinajstić information content (AvgIpc) is 2.61. The molecule has 0 aliphatic rings. The van der Waals surface area contributed by atoms with Gasteiger partial charge in [0.2, 0.25) is 5.95 Å². The van der Waals surface area contributed by atoms with Crippen LogP contribution in [0.1, 0.15) is 69.9 Å². The topological polar surface area (TPSA) is 25.8 Å². The highest BCUT2D eigenvalue weighted by atomic mass is 19.1. The van der Waals surface area contributed by atoms with E-state index in [4.69, 9.17) is 0 Å². The second-order valence-corrected chi connectivity index (χ2v) is 6.47. The first-order valence-corrected chi connectivity index (χ1v) is 9.35. The van der Waals surface area contributed by atoms with Crippen LogP contribution in [-0.4, -0.2) is 9.97 Å². The molecule has 1 aromatic carbocycles. The molecule has 0 aliphatic heterocycles. The van der Waals surface area contributed by atoms with Crippen LogP contribution in [-0.2, 0) is 12.8 Å². The fourth-order valence-electron chi connectivity index (χ4n) is 2.81. The number of aromatic nitrogens is 2. The van der Waals surface area contributed by atoms with Gasteiger partial charge in [0.15, 0.2) is 5.82 Å². The van der Waals surface area contributed by atoms with E-state index in [0.29, 0.717) is 17.8 Å². The summed E-state index contributed by atoms with van der Waals surface area (Å²) in [4.78, 5) is 8.38. The minimum absolute atomic E-state index is 0.381. The minimum Gasteiger partial charge on any atom is -0.236 e. The van der Waals surface area contributed by atoms with E-state index >= 15 is 0 Å². The molecule has 0 radical (unpaired) electrons. The largest absolute Gasteiger partial charge is 0.236 e. The van der Waals surface area contributed by atoms with Crippen molar-refractivity contribution in [2.45, 2.75) is 71.6 Å². The Kier molecular flexibility index (Phi) is 7.87. The van der Waals surface area contributed by atoms with Gasteiger partial charge in [0.25, 0.3) is 0 Å². The molecule has 1 heterocycles. The SMILES string of the molecule is CCCCCCCc1ccc(-c2ncc(CCCC)c(F)n2)cc1. The third kappa shape index (κ3) is 5.70. The lowest BCUT2D eigenvalue weighted by Gasteiger charge is -2.06. The highest BCUT2D eigenvalue weighted by Gasteiger charge is 2.08. The first-order chi connectivity index (χ1) is 11.7. The summed E-state index contributed by atoms with van der Waals surface area (Å²) in [6.07, 6.45) is 11.9. The van der Waals surface area contributed by atoms with Gasteiger partial charge in [-0.15, -0.1) is 0 Å². The predicted molar refractivity (Wildman–Crippen MR) is 98.5 cm³/mol. The van der Waals surface area contributed by atoms with Crippen LogP contribution in [0, 0.1) is 5.95 Å². The maximum absolute atomic E-state index is 14.1. The van der Waals surface area contributed by atoms with Gasteiger partial charge in [-0.1, -0.05) is 70.2 Å². The van der Waals surface area contributed by atoms with Crippen molar-refractivity contribution >= 4 is 0 Å². The molecule has 1 aromatic heterocycles. The Bertz CT molecular complexity index is 608. The second kappa shape index (κ2) is 10.2. The molecule has 0 N–H and O–H groups in total. The van der Waals surface area contributed by atoms with Gasteiger partial charge in [0.05, 0.1) is 0 Å². The van der Waals surface area contributed by atoms with Gasteiger partial charge in [-0.3, -0.25) is 0 Å². The summed E-state index contributed by atoms with van der Waals surface area (Å²) in [7, 11) is 0. The van der Waals surface area contributed by atoms with Crippen molar-refractivity contribution in [3.63, 3.8) is 0 Å². The molecule has 0 unspecified atom stereocenters. The van der Waals surface area contributed by atoms with Gasteiger partial charge in [-0.2, -0.15) is 9.37 Å². The molecule has 0 aliphatic carbocycles. The molecule has 3 heteroatoms. The zero-order valence-electron chi connectivity index (χ0n) is 15.0. The standard InChI is InChI=1S/C21H29FN2/c1-3-5-7-8-9-10-17-12-14-18(15-13-17)21-23-16-19(11-6-4-2)20(22)24-21/h12-16H,3-11H2,1-2H3. The van der Waals surface area contributed by atoms with Crippen LogP contribution in [0.15, 0.2) is 30.5 Å². The number of aryl methyl sites for hydroxylation is 2. The first kappa shape index (κ1) is 18.6. The molecular weight excluding hydrogens is 299 g/mol. The van der Waals surface area contributed by atoms with Gasteiger partial charge in [-0.25, -0.2) is 4.98 Å². The monoisotopic (exact) mass is 328 g/mol. The molecule has 0 amide bonds. The van der Waals surface area contributed by atoms with Crippen LogP contribution >= 0.6 is 0 Å². The molecule has 2 aromatic rings. The summed E-state index contributed by atoms with van der Waals surface area (Å²) in [5, 5.41) is 0. The van der Waals surface area contributed by atoms with Crippen molar-refractivity contribution in [2.75, 3.05) is 0 Å². The number of benzene rings is 1. The van der Waals surface area contributed by atoms with Crippen molar-refractivity contribution in [3.05, 3.63) is 47.5 Å². The van der Waals surface area contributed by atoms with E-state index < -0.39 is 0 Å². The molecule has 2 rings (SSSR count). The van der Waals surface area contributed by atoms with E-state index in [1.807, 2.05) is 12.1 Å². The second-order valence-electron chi connectivity index (χ2n) is 6.47. The summed E-state index contributed by atoms with van der Waals surface area (Å²) in [6, 6.07) is 8.23. The zero-order valence-corrected chi connectivity index (χ0v) is 15.0. The highest BCUT2D eigenvalue weighted by molar-refractivity contribution is 5.55. The lowest BCUT2D eigenvalue weighted by molar-refractivity contribution is 0.558. The number of unbranched alkanes of at least 4 members (excludes halogenated alkanes) is 5. The third-order valence-corrected chi connectivity index (χ3v) is 4.39. The summed E-state index contributed by atoms with van der Waals surface area (Å²) < 4.78 is 14.1. The van der Waals surface area contributed by atoms with Crippen LogP contribution in [0.2, 0.25) is 0 Å². The van der Waals surface area contributed by atoms with Crippen LogP contribution in [0.25, 0.3) is 11.4 Å².